The van der Waals surface area contributed by atoms with Gasteiger partial charge in [0.25, 0.3) is 0 Å². The third-order valence-electron chi connectivity index (χ3n) is 7.67. The highest BCUT2D eigenvalue weighted by Crippen LogP contribution is 2.43. The van der Waals surface area contributed by atoms with Crippen LogP contribution in [0.25, 0.3) is 21.9 Å². The average molecular weight is 549 g/mol. The Labute approximate surface area is 230 Å². The maximum atomic E-state index is 15.1. The summed E-state index contributed by atoms with van der Waals surface area (Å²) in [7, 11) is 1.55. The van der Waals surface area contributed by atoms with Crippen LogP contribution in [0.1, 0.15) is 39.4 Å². The second kappa shape index (κ2) is 9.54. The lowest BCUT2D eigenvalue weighted by atomic mass is 9.98. The Morgan fingerprint density at radius 2 is 1.93 bits per heavy atom. The lowest BCUT2D eigenvalue weighted by molar-refractivity contribution is 0.0589. The summed E-state index contributed by atoms with van der Waals surface area (Å²) < 4.78 is 26.6. The van der Waals surface area contributed by atoms with Crippen LogP contribution in [0.4, 0.5) is 20.7 Å². The molecule has 0 radical (unpaired) electrons. The molecule has 210 valence electrons. The van der Waals surface area contributed by atoms with Crippen LogP contribution < -0.4 is 20.3 Å². The molecule has 3 N–H and O–H groups in total. The number of nitrogens with two attached hydrogens (primary N) is 1. The number of amides is 1. The SMILES string of the molecule is Cc1ncc(Oc2nc(N3C[C@H]4CC[C@@H](N)[C@H]4C3)c3c(n2)[nH]c2c(N(C)C(=O)OC(C)(C)C)cc(F)cc23)cn1. The van der Waals surface area contributed by atoms with Gasteiger partial charge in [-0.25, -0.2) is 19.2 Å². The van der Waals surface area contributed by atoms with Gasteiger partial charge in [0.1, 0.15) is 28.7 Å². The van der Waals surface area contributed by atoms with Gasteiger partial charge >= 0.3 is 12.1 Å². The molecule has 1 aliphatic carbocycles. The number of rotatable bonds is 4. The van der Waals surface area contributed by atoms with Crippen molar-refractivity contribution in [1.82, 2.24) is 24.9 Å². The molecule has 0 spiro atoms. The number of carbonyl (C=O) groups is 1. The summed E-state index contributed by atoms with van der Waals surface area (Å²) in [4.78, 5) is 37.5. The number of fused-ring (bicyclic) bond motifs is 4. The normalized spacial score (nSPS) is 20.8. The first-order chi connectivity index (χ1) is 19.0. The first kappa shape index (κ1) is 26.2. The van der Waals surface area contributed by atoms with Crippen LogP contribution in [0.5, 0.6) is 11.8 Å². The number of aryl methyl sites for hydroxylation is 1. The number of carbonyl (C=O) groups excluding carboxylic acids is 1. The zero-order valence-corrected chi connectivity index (χ0v) is 23.2. The Kier molecular flexibility index (Phi) is 6.25. The minimum Gasteiger partial charge on any atom is -0.443 e. The average Bonchev–Trinajstić information content (AvgIpc) is 3.57. The van der Waals surface area contributed by atoms with Crippen LogP contribution >= 0.6 is 0 Å². The van der Waals surface area contributed by atoms with E-state index in [-0.39, 0.29) is 12.1 Å². The Morgan fingerprint density at radius 3 is 2.62 bits per heavy atom. The van der Waals surface area contributed by atoms with E-state index in [2.05, 4.69) is 24.8 Å². The van der Waals surface area contributed by atoms with Gasteiger partial charge in [0.15, 0.2) is 5.75 Å². The number of hydrogen-bond donors (Lipinski definition) is 2. The molecule has 11 nitrogen and oxygen atoms in total. The summed E-state index contributed by atoms with van der Waals surface area (Å²) in [5.74, 6) is 1.95. The molecule has 3 atom stereocenters. The fourth-order valence-electron chi connectivity index (χ4n) is 5.79. The number of nitrogens with zero attached hydrogens (tertiary/aromatic N) is 6. The summed E-state index contributed by atoms with van der Waals surface area (Å²) in [5, 5.41) is 1.20. The summed E-state index contributed by atoms with van der Waals surface area (Å²) in [6, 6.07) is 2.98. The van der Waals surface area contributed by atoms with Gasteiger partial charge in [-0.15, -0.1) is 0 Å². The van der Waals surface area contributed by atoms with Crippen LogP contribution in [0.2, 0.25) is 0 Å². The lowest BCUT2D eigenvalue weighted by Crippen LogP contribution is -2.34. The fraction of sp³-hybridized carbons (Fsp3) is 0.464. The molecule has 12 heteroatoms. The van der Waals surface area contributed by atoms with Gasteiger partial charge in [-0.3, -0.25) is 4.90 Å². The molecule has 0 unspecified atom stereocenters. The summed E-state index contributed by atoms with van der Waals surface area (Å²) in [6.07, 6.45) is 4.60. The van der Waals surface area contributed by atoms with Crippen molar-refractivity contribution in [2.45, 2.75) is 52.2 Å². The van der Waals surface area contributed by atoms with Crippen molar-refractivity contribution in [3.8, 4) is 11.8 Å². The van der Waals surface area contributed by atoms with Crippen LogP contribution in [-0.2, 0) is 4.74 Å². The third kappa shape index (κ3) is 4.76. The van der Waals surface area contributed by atoms with E-state index in [1.807, 2.05) is 0 Å². The van der Waals surface area contributed by atoms with Gasteiger partial charge in [-0.05, 0) is 64.5 Å². The molecule has 3 aromatic heterocycles. The molecule has 1 aromatic carbocycles. The Hall–Kier alpha value is -4.06. The Bertz CT molecular complexity index is 1600. The highest BCUT2D eigenvalue weighted by atomic mass is 19.1. The predicted molar refractivity (Wildman–Crippen MR) is 149 cm³/mol. The van der Waals surface area contributed by atoms with Crippen molar-refractivity contribution in [2.75, 3.05) is 29.9 Å². The molecule has 1 saturated heterocycles. The largest absolute Gasteiger partial charge is 0.443 e. The molecule has 4 heterocycles. The topological polar surface area (TPSA) is 135 Å². The molecule has 2 fully saturated rings. The minimum absolute atomic E-state index is 0.102. The number of benzene rings is 1. The van der Waals surface area contributed by atoms with Crippen molar-refractivity contribution in [3.05, 3.63) is 36.2 Å². The second-order valence-corrected chi connectivity index (χ2v) is 11.7. The molecule has 1 saturated carbocycles. The number of aromatic nitrogens is 5. The summed E-state index contributed by atoms with van der Waals surface area (Å²) in [6.45, 7) is 8.64. The van der Waals surface area contributed by atoms with Gasteiger partial charge in [0.2, 0.25) is 0 Å². The van der Waals surface area contributed by atoms with Crippen molar-refractivity contribution in [1.29, 1.82) is 0 Å². The molecular formula is C28H33FN8O3. The van der Waals surface area contributed by atoms with Gasteiger partial charge in [-0.1, -0.05) is 0 Å². The first-order valence-corrected chi connectivity index (χ1v) is 13.4. The quantitative estimate of drug-likeness (QED) is 0.372. The van der Waals surface area contributed by atoms with E-state index < -0.39 is 17.5 Å². The number of H-pyrrole nitrogens is 1. The number of anilines is 2. The van der Waals surface area contributed by atoms with E-state index in [0.717, 1.165) is 25.9 Å². The third-order valence-corrected chi connectivity index (χ3v) is 7.67. The van der Waals surface area contributed by atoms with Crippen LogP contribution in [-0.4, -0.2) is 62.8 Å². The number of halogens is 1. The first-order valence-electron chi connectivity index (χ1n) is 13.4. The zero-order valence-electron chi connectivity index (χ0n) is 23.2. The van der Waals surface area contributed by atoms with Crippen molar-refractivity contribution >= 4 is 39.5 Å². The van der Waals surface area contributed by atoms with Crippen LogP contribution in [0, 0.1) is 24.6 Å². The number of ether oxygens (including phenoxy) is 2. The van der Waals surface area contributed by atoms with E-state index in [1.165, 1.54) is 17.0 Å². The Morgan fingerprint density at radius 1 is 1.18 bits per heavy atom. The molecule has 4 aromatic rings. The van der Waals surface area contributed by atoms with E-state index in [4.69, 9.17) is 20.2 Å². The van der Waals surface area contributed by atoms with E-state index in [9.17, 15) is 4.79 Å². The molecule has 1 amide bonds. The molecule has 6 rings (SSSR count). The molecular weight excluding hydrogens is 515 g/mol. The summed E-state index contributed by atoms with van der Waals surface area (Å²) >= 11 is 0. The molecule has 2 aliphatic rings. The maximum absolute atomic E-state index is 15.1. The lowest BCUT2D eigenvalue weighted by Gasteiger charge is -2.25. The fourth-order valence-corrected chi connectivity index (χ4v) is 5.79. The standard InChI is InChI=1S/C28H33FN8O3/c1-14-31-10-17(11-32-14)39-26-34-24-22(25(35-26)37-12-15-6-7-20(30)19(15)13-37)18-8-16(29)9-21(23(18)33-24)36(5)27(38)40-28(2,3)4/h8-11,15,19-20H,6-7,12-13,30H2,1-5H3,(H,33,34,35)/t15-,19+,20-/m1/s1. The van der Waals surface area contributed by atoms with Crippen molar-refractivity contribution < 1.29 is 18.7 Å². The molecule has 0 bridgehead atoms. The van der Waals surface area contributed by atoms with Gasteiger partial charge in [0, 0.05) is 31.6 Å². The zero-order chi connectivity index (χ0) is 28.3. The second-order valence-electron chi connectivity index (χ2n) is 11.7. The van der Waals surface area contributed by atoms with Crippen LogP contribution in [0.3, 0.4) is 0 Å². The van der Waals surface area contributed by atoms with Gasteiger partial charge in [0.05, 0.1) is 29.0 Å². The Balaban J connectivity index is 1.50. The van der Waals surface area contributed by atoms with E-state index in [0.29, 0.717) is 56.9 Å². The highest BCUT2D eigenvalue weighted by Gasteiger charge is 2.42. The molecule has 40 heavy (non-hydrogen) atoms. The van der Waals surface area contributed by atoms with E-state index in [1.54, 1.807) is 47.1 Å². The monoisotopic (exact) mass is 548 g/mol. The van der Waals surface area contributed by atoms with Crippen LogP contribution in [0.15, 0.2) is 24.5 Å². The maximum Gasteiger partial charge on any atom is 0.414 e. The van der Waals surface area contributed by atoms with Gasteiger partial charge < -0.3 is 25.1 Å². The number of hydrogen-bond acceptors (Lipinski definition) is 9. The van der Waals surface area contributed by atoms with Crippen molar-refractivity contribution in [2.24, 2.45) is 17.6 Å². The smallest absolute Gasteiger partial charge is 0.414 e. The highest BCUT2D eigenvalue weighted by molar-refractivity contribution is 6.16. The van der Waals surface area contributed by atoms with E-state index >= 15 is 4.39 Å². The predicted octanol–water partition coefficient (Wildman–Crippen LogP) is 4.69. The minimum atomic E-state index is -0.711. The molecule has 1 aliphatic heterocycles. The number of nitrogens with one attached hydrogen (secondary N) is 1. The van der Waals surface area contributed by atoms with Gasteiger partial charge in [-0.2, -0.15) is 9.97 Å². The van der Waals surface area contributed by atoms with Crippen molar-refractivity contribution in [3.63, 3.8) is 0 Å². The number of aromatic amines is 1. The summed E-state index contributed by atoms with van der Waals surface area (Å²) in [5.41, 5.74) is 7.03.